The summed E-state index contributed by atoms with van der Waals surface area (Å²) in [5.74, 6) is 0. The van der Waals surface area contributed by atoms with Gasteiger partial charge < -0.3 is 4.74 Å². The van der Waals surface area contributed by atoms with Crippen LogP contribution in [0.2, 0.25) is 5.02 Å². The highest BCUT2D eigenvalue weighted by Crippen LogP contribution is 2.33. The molecule has 86 valence electrons. The Morgan fingerprint density at radius 2 is 2.12 bits per heavy atom. The van der Waals surface area contributed by atoms with Gasteiger partial charge >= 0.3 is 0 Å². The lowest BCUT2D eigenvalue weighted by molar-refractivity contribution is 0.100. The first-order valence-electron chi connectivity index (χ1n) is 5.29. The van der Waals surface area contributed by atoms with Crippen LogP contribution < -0.4 is 0 Å². The molecule has 0 spiro atoms. The SMILES string of the molecule is O=Cc1ccc(Cl)cc1SC1CCOCC1. The highest BCUT2D eigenvalue weighted by molar-refractivity contribution is 8.00. The fourth-order valence-electron chi connectivity index (χ4n) is 1.68. The van der Waals surface area contributed by atoms with Crippen molar-refractivity contribution in [3.63, 3.8) is 0 Å². The lowest BCUT2D eigenvalue weighted by Crippen LogP contribution is -2.17. The Bertz CT molecular complexity index is 375. The lowest BCUT2D eigenvalue weighted by Gasteiger charge is -2.22. The summed E-state index contributed by atoms with van der Waals surface area (Å²) in [5, 5.41) is 1.21. The summed E-state index contributed by atoms with van der Waals surface area (Å²) in [7, 11) is 0. The van der Waals surface area contributed by atoms with Crippen LogP contribution in [0.5, 0.6) is 0 Å². The highest BCUT2D eigenvalue weighted by atomic mass is 35.5. The Morgan fingerprint density at radius 1 is 1.38 bits per heavy atom. The zero-order valence-corrected chi connectivity index (χ0v) is 10.4. The maximum Gasteiger partial charge on any atom is 0.151 e. The zero-order chi connectivity index (χ0) is 11.4. The molecule has 0 N–H and O–H groups in total. The van der Waals surface area contributed by atoms with Gasteiger partial charge in [0.15, 0.2) is 6.29 Å². The van der Waals surface area contributed by atoms with Crippen molar-refractivity contribution in [2.24, 2.45) is 0 Å². The highest BCUT2D eigenvalue weighted by Gasteiger charge is 2.16. The molecule has 0 saturated carbocycles. The topological polar surface area (TPSA) is 26.3 Å². The van der Waals surface area contributed by atoms with Crippen molar-refractivity contribution >= 4 is 29.6 Å². The molecule has 4 heteroatoms. The predicted molar refractivity (Wildman–Crippen MR) is 66.5 cm³/mol. The number of benzene rings is 1. The Labute approximate surface area is 104 Å². The molecule has 0 amide bonds. The van der Waals surface area contributed by atoms with Crippen molar-refractivity contribution in [1.82, 2.24) is 0 Å². The van der Waals surface area contributed by atoms with Gasteiger partial charge in [0, 0.05) is 33.9 Å². The average Bonchev–Trinajstić information content (AvgIpc) is 2.31. The quantitative estimate of drug-likeness (QED) is 0.775. The average molecular weight is 257 g/mol. The largest absolute Gasteiger partial charge is 0.381 e. The van der Waals surface area contributed by atoms with Gasteiger partial charge in [-0.15, -0.1) is 11.8 Å². The van der Waals surface area contributed by atoms with E-state index in [2.05, 4.69) is 0 Å². The van der Waals surface area contributed by atoms with Crippen molar-refractivity contribution in [1.29, 1.82) is 0 Å². The molecule has 1 aliphatic rings. The normalized spacial score (nSPS) is 17.3. The molecule has 0 radical (unpaired) electrons. The fourth-order valence-corrected chi connectivity index (χ4v) is 3.15. The number of hydrogen-bond donors (Lipinski definition) is 0. The second-order valence-electron chi connectivity index (χ2n) is 3.73. The first-order valence-corrected chi connectivity index (χ1v) is 6.54. The van der Waals surface area contributed by atoms with Crippen LogP contribution in [0.4, 0.5) is 0 Å². The molecule has 2 rings (SSSR count). The van der Waals surface area contributed by atoms with E-state index < -0.39 is 0 Å². The minimum atomic E-state index is 0.533. The number of hydrogen-bond acceptors (Lipinski definition) is 3. The molecule has 0 atom stereocenters. The molecule has 0 unspecified atom stereocenters. The number of carbonyl (C=O) groups is 1. The standard InChI is InChI=1S/C12H13ClO2S/c13-10-2-1-9(8-14)12(7-10)16-11-3-5-15-6-4-11/h1-2,7-8,11H,3-6H2. The van der Waals surface area contributed by atoms with E-state index in [1.807, 2.05) is 6.07 Å². The van der Waals surface area contributed by atoms with Gasteiger partial charge in [-0.2, -0.15) is 0 Å². The van der Waals surface area contributed by atoms with Gasteiger partial charge in [0.05, 0.1) is 0 Å². The van der Waals surface area contributed by atoms with Crippen LogP contribution >= 0.6 is 23.4 Å². The minimum absolute atomic E-state index is 0.533. The third kappa shape index (κ3) is 3.00. The summed E-state index contributed by atoms with van der Waals surface area (Å²) < 4.78 is 5.31. The Morgan fingerprint density at radius 3 is 2.81 bits per heavy atom. The smallest absolute Gasteiger partial charge is 0.151 e. The second-order valence-corrected chi connectivity index (χ2v) is 5.51. The van der Waals surface area contributed by atoms with Gasteiger partial charge in [0.1, 0.15) is 0 Å². The number of ether oxygens (including phenoxy) is 1. The molecule has 1 saturated heterocycles. The number of rotatable bonds is 3. The van der Waals surface area contributed by atoms with Crippen LogP contribution in [-0.2, 0) is 4.74 Å². The van der Waals surface area contributed by atoms with E-state index in [0.29, 0.717) is 10.3 Å². The Hall–Kier alpha value is -0.510. The zero-order valence-electron chi connectivity index (χ0n) is 8.82. The lowest BCUT2D eigenvalue weighted by atomic mass is 10.2. The van der Waals surface area contributed by atoms with E-state index in [-0.39, 0.29) is 0 Å². The second kappa shape index (κ2) is 5.71. The molecular formula is C12H13ClO2S. The van der Waals surface area contributed by atoms with Crippen LogP contribution in [0.3, 0.4) is 0 Å². The van der Waals surface area contributed by atoms with E-state index in [0.717, 1.165) is 42.8 Å². The van der Waals surface area contributed by atoms with Crippen LogP contribution in [0.15, 0.2) is 23.1 Å². The third-order valence-electron chi connectivity index (χ3n) is 2.56. The first-order chi connectivity index (χ1) is 7.79. The van der Waals surface area contributed by atoms with Crippen molar-refractivity contribution in [2.75, 3.05) is 13.2 Å². The third-order valence-corrected chi connectivity index (χ3v) is 4.21. The summed E-state index contributed by atoms with van der Waals surface area (Å²) in [5.41, 5.74) is 0.723. The van der Waals surface area contributed by atoms with Crippen LogP contribution in [-0.4, -0.2) is 24.7 Å². The molecule has 0 bridgehead atoms. The van der Waals surface area contributed by atoms with Crippen LogP contribution in [0.25, 0.3) is 0 Å². The molecule has 1 aliphatic heterocycles. The first kappa shape index (κ1) is 12.0. The van der Waals surface area contributed by atoms with Crippen LogP contribution in [0.1, 0.15) is 23.2 Å². The van der Waals surface area contributed by atoms with E-state index in [1.165, 1.54) is 0 Å². The Balaban J connectivity index is 2.12. The molecule has 1 fully saturated rings. The van der Waals surface area contributed by atoms with Crippen molar-refractivity contribution in [3.8, 4) is 0 Å². The maximum atomic E-state index is 10.9. The van der Waals surface area contributed by atoms with Crippen molar-refractivity contribution in [3.05, 3.63) is 28.8 Å². The van der Waals surface area contributed by atoms with Gasteiger partial charge in [0.25, 0.3) is 0 Å². The number of carbonyl (C=O) groups excluding carboxylic acids is 1. The van der Waals surface area contributed by atoms with Gasteiger partial charge in [-0.05, 0) is 31.0 Å². The molecule has 2 nitrogen and oxygen atoms in total. The molecular weight excluding hydrogens is 244 g/mol. The minimum Gasteiger partial charge on any atom is -0.381 e. The van der Waals surface area contributed by atoms with Crippen molar-refractivity contribution < 1.29 is 9.53 Å². The molecule has 1 heterocycles. The Kier molecular flexibility index (Phi) is 4.27. The summed E-state index contributed by atoms with van der Waals surface area (Å²) >= 11 is 7.67. The summed E-state index contributed by atoms with van der Waals surface area (Å²) in [6.45, 7) is 1.63. The number of halogens is 1. The van der Waals surface area contributed by atoms with Gasteiger partial charge in [0.2, 0.25) is 0 Å². The molecule has 16 heavy (non-hydrogen) atoms. The summed E-state index contributed by atoms with van der Waals surface area (Å²) in [4.78, 5) is 11.9. The maximum absolute atomic E-state index is 10.9. The molecule has 0 aromatic heterocycles. The van der Waals surface area contributed by atoms with E-state index >= 15 is 0 Å². The van der Waals surface area contributed by atoms with E-state index in [9.17, 15) is 4.79 Å². The fraction of sp³-hybridized carbons (Fsp3) is 0.417. The van der Waals surface area contributed by atoms with Gasteiger partial charge in [-0.25, -0.2) is 0 Å². The molecule has 1 aromatic carbocycles. The summed E-state index contributed by atoms with van der Waals surface area (Å²) in [6.07, 6.45) is 2.96. The van der Waals surface area contributed by atoms with E-state index in [1.54, 1.807) is 23.9 Å². The van der Waals surface area contributed by atoms with Crippen molar-refractivity contribution in [2.45, 2.75) is 23.0 Å². The molecule has 1 aromatic rings. The van der Waals surface area contributed by atoms with Gasteiger partial charge in [-0.1, -0.05) is 11.6 Å². The van der Waals surface area contributed by atoms with E-state index in [4.69, 9.17) is 16.3 Å². The number of thioether (sulfide) groups is 1. The van der Waals surface area contributed by atoms with Gasteiger partial charge in [-0.3, -0.25) is 4.79 Å². The summed E-state index contributed by atoms with van der Waals surface area (Å²) in [6, 6.07) is 5.39. The monoisotopic (exact) mass is 256 g/mol. The molecule has 0 aliphatic carbocycles. The van der Waals surface area contributed by atoms with Crippen LogP contribution in [0, 0.1) is 0 Å². The predicted octanol–water partition coefficient (Wildman–Crippen LogP) is 3.42. The number of aldehydes is 1.